The summed E-state index contributed by atoms with van der Waals surface area (Å²) in [6, 6.07) is 13.5. The van der Waals surface area contributed by atoms with Gasteiger partial charge in [0.05, 0.1) is 16.6 Å². The second-order valence-electron chi connectivity index (χ2n) is 9.51. The average molecular weight is 577 g/mol. The van der Waals surface area contributed by atoms with Crippen molar-refractivity contribution in [2.75, 3.05) is 44.3 Å². The van der Waals surface area contributed by atoms with Gasteiger partial charge in [-0.15, -0.1) is 11.3 Å². The van der Waals surface area contributed by atoms with E-state index in [4.69, 9.17) is 37.4 Å². The molecular formula is C28H31Cl2N3O4S. The number of piperazine rings is 1. The van der Waals surface area contributed by atoms with Crippen LogP contribution in [0.5, 0.6) is 5.75 Å². The molecule has 0 bridgehead atoms. The van der Waals surface area contributed by atoms with Gasteiger partial charge in [-0.3, -0.25) is 4.79 Å². The molecule has 0 unspecified atom stereocenters. The molecule has 5 rings (SSSR count). The molecule has 0 spiro atoms. The Bertz CT molecular complexity index is 1220. The molecule has 2 fully saturated rings. The molecule has 2 aliphatic rings. The van der Waals surface area contributed by atoms with Crippen molar-refractivity contribution in [3.05, 3.63) is 74.7 Å². The molecule has 1 amide bonds. The van der Waals surface area contributed by atoms with Crippen LogP contribution < -0.4 is 9.64 Å². The van der Waals surface area contributed by atoms with E-state index in [2.05, 4.69) is 22.0 Å². The number of aryl methyl sites for hydroxylation is 1. The second-order valence-corrected chi connectivity index (χ2v) is 11.3. The topological polar surface area (TPSA) is 64.1 Å². The van der Waals surface area contributed by atoms with E-state index in [1.54, 1.807) is 24.3 Å². The SMILES string of the molecule is CC(=O)N1CCN(c2ccc(OC[C@H]3CO[C@](CCCc4nccs4)(c4ccc(Cl)cc4Cl)O3)cc2)CC1. The lowest BCUT2D eigenvalue weighted by atomic mass is 9.99. The minimum absolute atomic E-state index is 0.133. The lowest BCUT2D eigenvalue weighted by Gasteiger charge is -2.35. The summed E-state index contributed by atoms with van der Waals surface area (Å²) >= 11 is 14.4. The number of carbonyl (C=O) groups excluding carboxylic acids is 1. The molecule has 202 valence electrons. The summed E-state index contributed by atoms with van der Waals surface area (Å²) in [7, 11) is 0. The number of nitrogens with zero attached hydrogens (tertiary/aromatic N) is 3. The van der Waals surface area contributed by atoms with Gasteiger partial charge in [0.1, 0.15) is 18.5 Å². The molecule has 0 N–H and O–H groups in total. The van der Waals surface area contributed by atoms with Crippen molar-refractivity contribution in [3.8, 4) is 5.75 Å². The summed E-state index contributed by atoms with van der Waals surface area (Å²) in [4.78, 5) is 20.1. The summed E-state index contributed by atoms with van der Waals surface area (Å²) < 4.78 is 18.9. The zero-order chi connectivity index (χ0) is 26.5. The van der Waals surface area contributed by atoms with Gasteiger partial charge in [-0.2, -0.15) is 0 Å². The number of thiazole rings is 1. The molecule has 2 saturated heterocycles. The van der Waals surface area contributed by atoms with Crippen LogP contribution in [0.1, 0.15) is 30.3 Å². The van der Waals surface area contributed by atoms with Crippen molar-refractivity contribution >= 4 is 46.1 Å². The first-order chi connectivity index (χ1) is 18.4. The third-order valence-corrected chi connectivity index (χ3v) is 8.33. The fourth-order valence-electron chi connectivity index (χ4n) is 4.92. The predicted molar refractivity (Wildman–Crippen MR) is 150 cm³/mol. The highest BCUT2D eigenvalue weighted by molar-refractivity contribution is 7.09. The van der Waals surface area contributed by atoms with Gasteiger partial charge in [0.25, 0.3) is 0 Å². The van der Waals surface area contributed by atoms with Crippen LogP contribution in [0.25, 0.3) is 0 Å². The summed E-state index contributed by atoms with van der Waals surface area (Å²) in [6.45, 7) is 5.52. The number of hydrogen-bond donors (Lipinski definition) is 0. The summed E-state index contributed by atoms with van der Waals surface area (Å²) in [5.74, 6) is -0.0577. The molecule has 2 atom stereocenters. The highest BCUT2D eigenvalue weighted by Gasteiger charge is 2.44. The van der Waals surface area contributed by atoms with E-state index in [1.807, 2.05) is 40.7 Å². The van der Waals surface area contributed by atoms with E-state index < -0.39 is 5.79 Å². The largest absolute Gasteiger partial charge is 0.491 e. The van der Waals surface area contributed by atoms with Gasteiger partial charge in [-0.1, -0.05) is 29.3 Å². The lowest BCUT2D eigenvalue weighted by molar-refractivity contribution is -0.184. The van der Waals surface area contributed by atoms with E-state index >= 15 is 0 Å². The number of aromatic nitrogens is 1. The quantitative estimate of drug-likeness (QED) is 0.322. The number of carbonyl (C=O) groups is 1. The van der Waals surface area contributed by atoms with Gasteiger partial charge in [-0.25, -0.2) is 4.98 Å². The molecule has 0 aliphatic carbocycles. The maximum absolute atomic E-state index is 11.6. The van der Waals surface area contributed by atoms with E-state index in [9.17, 15) is 4.79 Å². The molecular weight excluding hydrogens is 545 g/mol. The number of benzene rings is 2. The minimum Gasteiger partial charge on any atom is -0.491 e. The molecule has 2 aliphatic heterocycles. The number of anilines is 1. The second kappa shape index (κ2) is 12.2. The van der Waals surface area contributed by atoms with Gasteiger partial charge in [0.2, 0.25) is 5.91 Å². The Morgan fingerprint density at radius 3 is 2.63 bits per heavy atom. The highest BCUT2D eigenvalue weighted by atomic mass is 35.5. The lowest BCUT2D eigenvalue weighted by Crippen LogP contribution is -2.48. The van der Waals surface area contributed by atoms with Crippen LogP contribution in [0.3, 0.4) is 0 Å². The molecule has 0 radical (unpaired) electrons. The zero-order valence-electron chi connectivity index (χ0n) is 21.3. The van der Waals surface area contributed by atoms with E-state index in [0.717, 1.165) is 61.0 Å². The Morgan fingerprint density at radius 2 is 1.95 bits per heavy atom. The minimum atomic E-state index is -0.959. The first kappa shape index (κ1) is 27.2. The molecule has 3 aromatic rings. The fourth-order valence-corrected chi connectivity index (χ4v) is 6.14. The average Bonchev–Trinajstić information content (AvgIpc) is 3.59. The van der Waals surface area contributed by atoms with Gasteiger partial charge in [0, 0.05) is 67.4 Å². The Labute approximate surface area is 237 Å². The zero-order valence-corrected chi connectivity index (χ0v) is 23.6. The summed E-state index contributed by atoms with van der Waals surface area (Å²) in [5.41, 5.74) is 1.90. The van der Waals surface area contributed by atoms with Gasteiger partial charge < -0.3 is 24.0 Å². The monoisotopic (exact) mass is 575 g/mol. The Balaban J connectivity index is 1.19. The van der Waals surface area contributed by atoms with Crippen molar-refractivity contribution in [3.63, 3.8) is 0 Å². The van der Waals surface area contributed by atoms with Gasteiger partial charge in [0.15, 0.2) is 5.79 Å². The Morgan fingerprint density at radius 1 is 1.16 bits per heavy atom. The van der Waals surface area contributed by atoms with Crippen molar-refractivity contribution in [2.45, 2.75) is 38.1 Å². The number of rotatable bonds is 9. The van der Waals surface area contributed by atoms with Crippen LogP contribution in [-0.2, 0) is 26.5 Å². The standard InChI is InChI=1S/C28H31Cl2N3O4S/c1-20(34)32-12-14-33(15-13-32)22-5-7-23(8-6-22)35-18-24-19-36-28(37-24,10-2-3-27-31-11-16-38-27)25-9-4-21(29)17-26(25)30/h4-9,11,16-17,24H,2-3,10,12-15,18-19H2,1H3/t24-,28-/m0/s1. The van der Waals surface area contributed by atoms with Crippen LogP contribution in [0.15, 0.2) is 54.0 Å². The Kier molecular flexibility index (Phi) is 8.75. The highest BCUT2D eigenvalue weighted by Crippen LogP contribution is 2.42. The van der Waals surface area contributed by atoms with Crippen molar-refractivity contribution in [1.82, 2.24) is 9.88 Å². The smallest absolute Gasteiger partial charge is 0.219 e. The van der Waals surface area contributed by atoms with Crippen molar-refractivity contribution in [2.24, 2.45) is 0 Å². The number of amides is 1. The first-order valence-electron chi connectivity index (χ1n) is 12.8. The van der Waals surface area contributed by atoms with Crippen LogP contribution in [0.2, 0.25) is 10.0 Å². The maximum atomic E-state index is 11.6. The number of ether oxygens (including phenoxy) is 3. The molecule has 1 aromatic heterocycles. The number of halogens is 2. The Hall–Kier alpha value is -2.36. The van der Waals surface area contributed by atoms with E-state index in [-0.39, 0.29) is 12.0 Å². The molecule has 3 heterocycles. The van der Waals surface area contributed by atoms with Crippen LogP contribution in [0, 0.1) is 0 Å². The molecule has 7 nitrogen and oxygen atoms in total. The van der Waals surface area contributed by atoms with Gasteiger partial charge in [-0.05, 0) is 49.2 Å². The van der Waals surface area contributed by atoms with Crippen molar-refractivity contribution in [1.29, 1.82) is 0 Å². The number of hydrogen-bond acceptors (Lipinski definition) is 7. The summed E-state index contributed by atoms with van der Waals surface area (Å²) in [6.07, 6.45) is 3.89. The molecule has 10 heteroatoms. The third kappa shape index (κ3) is 6.43. The molecule has 38 heavy (non-hydrogen) atoms. The van der Waals surface area contributed by atoms with Crippen LogP contribution in [0.4, 0.5) is 5.69 Å². The van der Waals surface area contributed by atoms with E-state index in [1.165, 1.54) is 0 Å². The normalized spacial score (nSPS) is 21.6. The van der Waals surface area contributed by atoms with Crippen LogP contribution in [-0.4, -0.2) is 61.3 Å². The maximum Gasteiger partial charge on any atom is 0.219 e. The first-order valence-corrected chi connectivity index (χ1v) is 14.4. The fraction of sp³-hybridized carbons (Fsp3) is 0.429. The van der Waals surface area contributed by atoms with Crippen LogP contribution >= 0.6 is 34.5 Å². The summed E-state index contributed by atoms with van der Waals surface area (Å²) in [5, 5.41) is 4.16. The predicted octanol–water partition coefficient (Wildman–Crippen LogP) is 5.79. The molecule has 0 saturated carbocycles. The third-order valence-electron chi connectivity index (χ3n) is 6.94. The van der Waals surface area contributed by atoms with Crippen molar-refractivity contribution < 1.29 is 19.0 Å². The van der Waals surface area contributed by atoms with E-state index in [0.29, 0.717) is 29.7 Å². The molecule has 2 aromatic carbocycles. The van der Waals surface area contributed by atoms with Gasteiger partial charge >= 0.3 is 0 Å².